The van der Waals surface area contributed by atoms with Gasteiger partial charge in [0, 0.05) is 11.5 Å². The molecule has 0 aromatic heterocycles. The SMILES string of the molecule is C=C(C(=O)O)C(Cl)C(c1ccccc1)c1ccccc1. The smallest absolute Gasteiger partial charge is 0.332 e. The number of halogens is 1. The van der Waals surface area contributed by atoms with Crippen LogP contribution in [0.2, 0.25) is 0 Å². The first kappa shape index (κ1) is 14.4. The van der Waals surface area contributed by atoms with Gasteiger partial charge in [0.25, 0.3) is 0 Å². The molecule has 2 nitrogen and oxygen atoms in total. The van der Waals surface area contributed by atoms with Crippen molar-refractivity contribution in [1.82, 2.24) is 0 Å². The average Bonchev–Trinajstić information content (AvgIpc) is 2.48. The highest BCUT2D eigenvalue weighted by atomic mass is 35.5. The first-order valence-corrected chi connectivity index (χ1v) is 6.71. The molecule has 2 aromatic rings. The van der Waals surface area contributed by atoms with E-state index in [1.807, 2.05) is 60.7 Å². The minimum Gasteiger partial charge on any atom is -0.478 e. The van der Waals surface area contributed by atoms with Crippen LogP contribution in [-0.4, -0.2) is 16.5 Å². The van der Waals surface area contributed by atoms with Crippen LogP contribution in [0.3, 0.4) is 0 Å². The maximum atomic E-state index is 11.1. The molecule has 1 atom stereocenters. The molecule has 20 heavy (non-hydrogen) atoms. The Kier molecular flexibility index (Phi) is 4.59. The summed E-state index contributed by atoms with van der Waals surface area (Å²) in [5.74, 6) is -1.30. The van der Waals surface area contributed by atoms with Gasteiger partial charge in [-0.05, 0) is 11.1 Å². The number of carbonyl (C=O) groups is 1. The van der Waals surface area contributed by atoms with Gasteiger partial charge in [-0.25, -0.2) is 4.79 Å². The number of rotatable bonds is 5. The second kappa shape index (κ2) is 6.40. The highest BCUT2D eigenvalue weighted by molar-refractivity contribution is 6.25. The minimum atomic E-state index is -1.07. The Balaban J connectivity index is 2.45. The van der Waals surface area contributed by atoms with Crippen LogP contribution in [0.15, 0.2) is 72.8 Å². The van der Waals surface area contributed by atoms with Crippen molar-refractivity contribution in [2.45, 2.75) is 11.3 Å². The van der Waals surface area contributed by atoms with Crippen LogP contribution in [0.1, 0.15) is 17.0 Å². The molecule has 2 rings (SSSR count). The molecule has 102 valence electrons. The Morgan fingerprint density at radius 3 is 1.70 bits per heavy atom. The Morgan fingerprint density at radius 2 is 1.35 bits per heavy atom. The molecule has 1 unspecified atom stereocenters. The maximum Gasteiger partial charge on any atom is 0.332 e. The van der Waals surface area contributed by atoms with Crippen LogP contribution in [-0.2, 0) is 4.79 Å². The van der Waals surface area contributed by atoms with Crippen molar-refractivity contribution in [2.75, 3.05) is 0 Å². The van der Waals surface area contributed by atoms with Gasteiger partial charge in [-0.15, -0.1) is 11.6 Å². The lowest BCUT2D eigenvalue weighted by molar-refractivity contribution is -0.132. The van der Waals surface area contributed by atoms with Crippen LogP contribution in [0, 0.1) is 0 Å². The maximum absolute atomic E-state index is 11.1. The first-order chi connectivity index (χ1) is 9.61. The van der Waals surface area contributed by atoms with E-state index in [4.69, 9.17) is 16.7 Å². The number of benzene rings is 2. The number of hydrogen-bond donors (Lipinski definition) is 1. The number of carboxylic acid groups (broad SMARTS) is 1. The molecule has 2 aromatic carbocycles. The fraction of sp³-hybridized carbons (Fsp3) is 0.118. The Labute approximate surface area is 123 Å². The van der Waals surface area contributed by atoms with Gasteiger partial charge in [-0.2, -0.15) is 0 Å². The molecule has 0 spiro atoms. The summed E-state index contributed by atoms with van der Waals surface area (Å²) in [5, 5.41) is 8.41. The van der Waals surface area contributed by atoms with Crippen molar-refractivity contribution in [2.24, 2.45) is 0 Å². The van der Waals surface area contributed by atoms with Gasteiger partial charge in [0.15, 0.2) is 0 Å². The summed E-state index contributed by atoms with van der Waals surface area (Å²) < 4.78 is 0. The van der Waals surface area contributed by atoms with E-state index in [2.05, 4.69) is 6.58 Å². The summed E-state index contributed by atoms with van der Waals surface area (Å²) in [6, 6.07) is 19.3. The van der Waals surface area contributed by atoms with Crippen molar-refractivity contribution in [3.05, 3.63) is 83.9 Å². The van der Waals surface area contributed by atoms with Gasteiger partial charge in [0.05, 0.1) is 5.38 Å². The zero-order valence-electron chi connectivity index (χ0n) is 10.9. The number of hydrogen-bond acceptors (Lipinski definition) is 1. The molecule has 0 saturated heterocycles. The van der Waals surface area contributed by atoms with E-state index >= 15 is 0 Å². The van der Waals surface area contributed by atoms with E-state index < -0.39 is 11.3 Å². The molecule has 0 radical (unpaired) electrons. The Hall–Kier alpha value is -2.06. The third-order valence-electron chi connectivity index (χ3n) is 3.22. The highest BCUT2D eigenvalue weighted by Gasteiger charge is 2.28. The lowest BCUT2D eigenvalue weighted by atomic mass is 9.86. The minimum absolute atomic E-state index is 0.00405. The fourth-order valence-corrected chi connectivity index (χ4v) is 2.55. The van der Waals surface area contributed by atoms with E-state index in [1.165, 1.54) is 0 Å². The zero-order valence-corrected chi connectivity index (χ0v) is 11.6. The molecule has 0 aliphatic heterocycles. The molecule has 0 fully saturated rings. The van der Waals surface area contributed by atoms with E-state index in [1.54, 1.807) is 0 Å². The number of aliphatic carboxylic acids is 1. The van der Waals surface area contributed by atoms with E-state index in [9.17, 15) is 4.79 Å². The molecule has 0 saturated carbocycles. The molecule has 1 N–H and O–H groups in total. The second-order valence-corrected chi connectivity index (χ2v) is 5.00. The Morgan fingerprint density at radius 1 is 0.950 bits per heavy atom. The van der Waals surface area contributed by atoms with Crippen LogP contribution < -0.4 is 0 Å². The lowest BCUT2D eigenvalue weighted by Gasteiger charge is -2.23. The molecule has 0 aliphatic carbocycles. The molecule has 0 bridgehead atoms. The van der Waals surface area contributed by atoms with Crippen LogP contribution in [0.25, 0.3) is 0 Å². The fourth-order valence-electron chi connectivity index (χ4n) is 2.17. The van der Waals surface area contributed by atoms with Crippen LogP contribution >= 0.6 is 11.6 Å². The summed E-state index contributed by atoms with van der Waals surface area (Å²) >= 11 is 6.38. The highest BCUT2D eigenvalue weighted by Crippen LogP contribution is 2.34. The third kappa shape index (κ3) is 3.09. The van der Waals surface area contributed by atoms with Crippen LogP contribution in [0.5, 0.6) is 0 Å². The molecule has 0 aliphatic rings. The van der Waals surface area contributed by atoms with Crippen molar-refractivity contribution < 1.29 is 9.90 Å². The summed E-state index contributed by atoms with van der Waals surface area (Å²) in [7, 11) is 0. The monoisotopic (exact) mass is 286 g/mol. The Bertz CT molecular complexity index is 553. The zero-order chi connectivity index (χ0) is 14.5. The van der Waals surface area contributed by atoms with Crippen molar-refractivity contribution in [3.8, 4) is 0 Å². The van der Waals surface area contributed by atoms with Gasteiger partial charge in [-0.3, -0.25) is 0 Å². The predicted octanol–water partition coefficient (Wildman–Crippen LogP) is 4.07. The average molecular weight is 287 g/mol. The standard InChI is InChI=1S/C17H15ClO2/c1-12(17(19)20)16(18)15(13-8-4-2-5-9-13)14-10-6-3-7-11-14/h2-11,15-16H,1H2,(H,19,20). The topological polar surface area (TPSA) is 37.3 Å². The first-order valence-electron chi connectivity index (χ1n) is 6.27. The largest absolute Gasteiger partial charge is 0.478 e. The molecular weight excluding hydrogens is 272 g/mol. The van der Waals surface area contributed by atoms with Crippen molar-refractivity contribution in [3.63, 3.8) is 0 Å². The van der Waals surface area contributed by atoms with Crippen molar-refractivity contribution in [1.29, 1.82) is 0 Å². The van der Waals surface area contributed by atoms with Gasteiger partial charge in [0.1, 0.15) is 0 Å². The summed E-state index contributed by atoms with van der Waals surface area (Å²) in [5.41, 5.74) is 1.95. The molecule has 0 amide bonds. The summed E-state index contributed by atoms with van der Waals surface area (Å²) in [6.45, 7) is 3.59. The molecule has 0 heterocycles. The van der Waals surface area contributed by atoms with E-state index in [0.29, 0.717) is 0 Å². The predicted molar refractivity (Wildman–Crippen MR) is 81.1 cm³/mol. The second-order valence-electron chi connectivity index (χ2n) is 4.53. The summed E-state index contributed by atoms with van der Waals surface area (Å²) in [6.07, 6.45) is 0. The molecular formula is C17H15ClO2. The third-order valence-corrected chi connectivity index (χ3v) is 3.73. The van der Waals surface area contributed by atoms with Gasteiger partial charge >= 0.3 is 5.97 Å². The van der Waals surface area contributed by atoms with E-state index in [0.717, 1.165) is 11.1 Å². The van der Waals surface area contributed by atoms with Crippen molar-refractivity contribution >= 4 is 17.6 Å². The summed E-state index contributed by atoms with van der Waals surface area (Å²) in [4.78, 5) is 11.1. The van der Waals surface area contributed by atoms with Gasteiger partial charge < -0.3 is 5.11 Å². The number of alkyl halides is 1. The van der Waals surface area contributed by atoms with E-state index in [-0.39, 0.29) is 11.5 Å². The normalized spacial score (nSPS) is 12.1. The quantitative estimate of drug-likeness (QED) is 0.664. The lowest BCUT2D eigenvalue weighted by Crippen LogP contribution is -2.21. The van der Waals surface area contributed by atoms with Gasteiger partial charge in [0.2, 0.25) is 0 Å². The van der Waals surface area contributed by atoms with Crippen LogP contribution in [0.4, 0.5) is 0 Å². The number of carboxylic acids is 1. The molecule has 3 heteroatoms. The van der Waals surface area contributed by atoms with Gasteiger partial charge in [-0.1, -0.05) is 67.2 Å².